The Kier molecular flexibility index (Phi) is 13.4. The SMILES string of the molecule is CCCCC1=Cc2c(-c3ccc(CCC)cc3)cccc2[CH]1[Ti+2]1([CH]2C(CCCC)=Cc3c(-c4ccc(CCC)cc4)cccc32)[CH]2CCCC[CH]21.[Cl-].[Cl-]. The number of hydrogen-bond donors (Lipinski definition) is 0. The van der Waals surface area contributed by atoms with E-state index in [1.165, 1.54) is 110 Å². The van der Waals surface area contributed by atoms with Gasteiger partial charge in [-0.05, 0) is 0 Å². The monoisotopic (exact) mass is 778 g/mol. The van der Waals surface area contributed by atoms with Crippen molar-refractivity contribution in [3.8, 4) is 22.3 Å². The van der Waals surface area contributed by atoms with Gasteiger partial charge in [-0.25, -0.2) is 0 Å². The van der Waals surface area contributed by atoms with Gasteiger partial charge in [-0.1, -0.05) is 0 Å². The van der Waals surface area contributed by atoms with E-state index in [4.69, 9.17) is 0 Å². The number of aryl methyl sites for hydroxylation is 2. The van der Waals surface area contributed by atoms with Crippen LogP contribution >= 0.6 is 0 Å². The van der Waals surface area contributed by atoms with E-state index in [9.17, 15) is 0 Å². The first-order valence-electron chi connectivity index (χ1n) is 21.0. The number of fused-ring (bicyclic) bond motifs is 3. The van der Waals surface area contributed by atoms with Crippen LogP contribution in [-0.2, 0) is 29.4 Å². The second-order valence-electron chi connectivity index (χ2n) is 16.5. The number of allylic oxidation sites excluding steroid dienone is 2. The molecule has 4 aliphatic rings. The summed E-state index contributed by atoms with van der Waals surface area (Å²) in [4.78, 5) is 0. The Labute approximate surface area is 337 Å². The summed E-state index contributed by atoms with van der Waals surface area (Å²) in [5.41, 5.74) is 18.9. The fourth-order valence-electron chi connectivity index (χ4n) is 11.3. The third kappa shape index (κ3) is 7.26. The molecule has 0 bridgehead atoms. The van der Waals surface area contributed by atoms with Crippen LogP contribution in [0, 0.1) is 0 Å². The van der Waals surface area contributed by atoms with Gasteiger partial charge in [0, 0.05) is 0 Å². The zero-order valence-electron chi connectivity index (χ0n) is 32.7. The smallest absolute Gasteiger partial charge is 1.00 e. The first-order chi connectivity index (χ1) is 25.1. The van der Waals surface area contributed by atoms with Crippen LogP contribution in [0.2, 0.25) is 8.45 Å². The minimum Gasteiger partial charge on any atom is -1.00 e. The second kappa shape index (κ2) is 17.6. The molecule has 0 spiro atoms. The molecule has 3 aliphatic carbocycles. The quantitative estimate of drug-likeness (QED) is 0.112. The standard InChI is InChI=1S/2C22H25.C6H10.2ClH.Ti/c2*1-3-5-8-18-15-20-9-6-10-21(22(20)16-18)19-13-11-17(7-4-2)12-14-19;1-2-4-6-5-3-1;;;/h2*6,9-16H,3-5,7-8H2,1-2H3;1-2H,3-6H2;2*1H;/q;;;;;+2/p-2. The molecule has 0 radical (unpaired) electrons. The van der Waals surface area contributed by atoms with Crippen molar-refractivity contribution in [1.82, 2.24) is 0 Å². The molecule has 4 atom stereocenters. The minimum absolute atomic E-state index is 0. The summed E-state index contributed by atoms with van der Waals surface area (Å²) in [7, 11) is 0. The van der Waals surface area contributed by atoms with Gasteiger partial charge in [0.15, 0.2) is 0 Å². The molecule has 4 unspecified atom stereocenters. The summed E-state index contributed by atoms with van der Waals surface area (Å²) in [5, 5.41) is 0. The van der Waals surface area contributed by atoms with Crippen LogP contribution in [0.15, 0.2) is 96.1 Å². The van der Waals surface area contributed by atoms with Crippen molar-refractivity contribution in [1.29, 1.82) is 0 Å². The molecule has 0 amide bonds. The number of benzene rings is 4. The van der Waals surface area contributed by atoms with Crippen LogP contribution in [0.3, 0.4) is 0 Å². The van der Waals surface area contributed by atoms with E-state index in [2.05, 4.69) is 125 Å². The Morgan fingerprint density at radius 1 is 0.491 bits per heavy atom. The Bertz CT molecular complexity index is 1780. The second-order valence-corrected chi connectivity index (χ2v) is 23.8. The summed E-state index contributed by atoms with van der Waals surface area (Å²) < 4.78 is 3.37. The molecule has 8 rings (SSSR count). The number of hydrogen-bond acceptors (Lipinski definition) is 0. The Morgan fingerprint density at radius 2 is 0.906 bits per heavy atom. The van der Waals surface area contributed by atoms with E-state index in [-0.39, 0.29) is 24.8 Å². The zero-order valence-corrected chi connectivity index (χ0v) is 35.8. The van der Waals surface area contributed by atoms with E-state index in [0.717, 1.165) is 21.3 Å². The third-order valence-electron chi connectivity index (χ3n) is 13.5. The molecule has 1 saturated carbocycles. The number of rotatable bonds is 14. The van der Waals surface area contributed by atoms with Crippen LogP contribution in [0.1, 0.15) is 147 Å². The summed E-state index contributed by atoms with van der Waals surface area (Å²) in [6.07, 6.45) is 23.8. The molecular weight excluding hydrogens is 719 g/mol. The van der Waals surface area contributed by atoms with Crippen molar-refractivity contribution in [3.63, 3.8) is 0 Å². The van der Waals surface area contributed by atoms with E-state index in [1.54, 1.807) is 22.3 Å². The van der Waals surface area contributed by atoms with Crippen LogP contribution in [0.25, 0.3) is 34.4 Å². The summed E-state index contributed by atoms with van der Waals surface area (Å²) in [5.74, 6) is 0. The Hall–Kier alpha value is -2.35. The molecule has 4 aromatic carbocycles. The number of unbranched alkanes of at least 4 members (excludes halogenated alkanes) is 2. The zero-order chi connectivity index (χ0) is 35.0. The van der Waals surface area contributed by atoms with Crippen molar-refractivity contribution in [2.75, 3.05) is 0 Å². The van der Waals surface area contributed by atoms with Gasteiger partial charge in [-0.3, -0.25) is 0 Å². The summed E-state index contributed by atoms with van der Waals surface area (Å²) >= 11 is -2.71. The first kappa shape index (κ1) is 40.3. The van der Waals surface area contributed by atoms with Gasteiger partial charge in [-0.2, -0.15) is 0 Å². The molecule has 3 heteroatoms. The molecular formula is C50H60Cl2Ti. The molecule has 0 nitrogen and oxygen atoms in total. The molecule has 4 aromatic rings. The molecule has 2 fully saturated rings. The molecule has 0 N–H and O–H groups in total. The van der Waals surface area contributed by atoms with Gasteiger partial charge >= 0.3 is 315 Å². The fourth-order valence-corrected chi connectivity index (χ4v) is 25.5. The average Bonchev–Trinajstić information content (AvgIpc) is 3.43. The first-order valence-corrected chi connectivity index (χ1v) is 24.6. The van der Waals surface area contributed by atoms with Crippen molar-refractivity contribution in [2.45, 2.75) is 134 Å². The number of halogens is 2. The normalized spacial score (nSPS) is 22.3. The van der Waals surface area contributed by atoms with Crippen molar-refractivity contribution in [3.05, 3.63) is 129 Å². The molecule has 0 aromatic heterocycles. The molecule has 1 heterocycles. The van der Waals surface area contributed by atoms with Gasteiger partial charge in [0.25, 0.3) is 0 Å². The molecule has 278 valence electrons. The van der Waals surface area contributed by atoms with E-state index in [1.807, 2.05) is 11.1 Å². The summed E-state index contributed by atoms with van der Waals surface area (Å²) in [6, 6.07) is 34.1. The predicted octanol–water partition coefficient (Wildman–Crippen LogP) is 9.21. The van der Waals surface area contributed by atoms with Gasteiger partial charge in [0.2, 0.25) is 0 Å². The third-order valence-corrected chi connectivity index (χ3v) is 24.3. The Balaban J connectivity index is 0.00000240. The van der Waals surface area contributed by atoms with Gasteiger partial charge < -0.3 is 24.8 Å². The maximum absolute atomic E-state index is 2.75. The van der Waals surface area contributed by atoms with Gasteiger partial charge in [-0.15, -0.1) is 0 Å². The predicted molar refractivity (Wildman–Crippen MR) is 218 cm³/mol. The van der Waals surface area contributed by atoms with Crippen molar-refractivity contribution < 1.29 is 41.4 Å². The summed E-state index contributed by atoms with van der Waals surface area (Å²) in [6.45, 7) is 9.36. The fraction of sp³-hybridized carbons (Fsp3) is 0.440. The van der Waals surface area contributed by atoms with Crippen LogP contribution in [-0.4, -0.2) is 0 Å². The van der Waals surface area contributed by atoms with E-state index in [0.29, 0.717) is 8.45 Å². The van der Waals surface area contributed by atoms with Crippen molar-refractivity contribution >= 4 is 12.2 Å². The van der Waals surface area contributed by atoms with Crippen LogP contribution in [0.5, 0.6) is 0 Å². The van der Waals surface area contributed by atoms with Gasteiger partial charge in [0.05, 0.1) is 0 Å². The maximum Gasteiger partial charge on any atom is -1.00 e. The van der Waals surface area contributed by atoms with Crippen LogP contribution in [0.4, 0.5) is 0 Å². The molecule has 1 saturated heterocycles. The van der Waals surface area contributed by atoms with Crippen LogP contribution < -0.4 is 24.8 Å². The van der Waals surface area contributed by atoms with Gasteiger partial charge in [0.1, 0.15) is 0 Å². The molecule has 53 heavy (non-hydrogen) atoms. The topological polar surface area (TPSA) is 0 Å². The van der Waals surface area contributed by atoms with E-state index < -0.39 is 16.6 Å². The largest absolute Gasteiger partial charge is 1.00 e. The maximum atomic E-state index is 2.75. The molecule has 1 aliphatic heterocycles. The Morgan fingerprint density at radius 3 is 1.28 bits per heavy atom. The van der Waals surface area contributed by atoms with Crippen molar-refractivity contribution in [2.24, 2.45) is 0 Å². The minimum atomic E-state index is -2.71. The average molecular weight is 780 g/mol. The van der Waals surface area contributed by atoms with E-state index >= 15 is 0 Å².